The van der Waals surface area contributed by atoms with Crippen LogP contribution in [-0.4, -0.2) is 26.8 Å². The molecule has 1 aliphatic carbocycles. The molecule has 0 saturated heterocycles. The molecule has 1 N–H and O–H groups in total. The number of carbonyl (C=O) groups is 1. The molecule has 2 heterocycles. The van der Waals surface area contributed by atoms with E-state index in [1.807, 2.05) is 6.92 Å². The molecule has 0 unspecified atom stereocenters. The van der Waals surface area contributed by atoms with E-state index < -0.39 is 0 Å². The quantitative estimate of drug-likeness (QED) is 0.839. The van der Waals surface area contributed by atoms with Gasteiger partial charge >= 0.3 is 0 Å². The van der Waals surface area contributed by atoms with Crippen LogP contribution in [0.15, 0.2) is 15.8 Å². The van der Waals surface area contributed by atoms with Crippen molar-refractivity contribution in [1.82, 2.24) is 15.2 Å². The molecule has 3 rings (SSSR count). The lowest BCUT2D eigenvalue weighted by molar-refractivity contribution is -0.113. The summed E-state index contributed by atoms with van der Waals surface area (Å²) in [6.45, 7) is 1.95. The Morgan fingerprint density at radius 1 is 1.41 bits per heavy atom. The van der Waals surface area contributed by atoms with Gasteiger partial charge in [-0.2, -0.15) is 0 Å². The fraction of sp³-hybridized carbons (Fsp3) is 0.571. The molecule has 1 saturated carbocycles. The maximum absolute atomic E-state index is 11.8. The molecule has 0 atom stereocenters. The minimum Gasteiger partial charge on any atom is -0.416 e. The van der Waals surface area contributed by atoms with Crippen molar-refractivity contribution in [2.24, 2.45) is 0 Å². The molecular formula is C14H18N4O2S2. The summed E-state index contributed by atoms with van der Waals surface area (Å²) in [4.78, 5) is 17.0. The van der Waals surface area contributed by atoms with E-state index in [2.05, 4.69) is 20.5 Å². The van der Waals surface area contributed by atoms with Crippen molar-refractivity contribution < 1.29 is 9.21 Å². The normalized spacial score (nSPS) is 15.9. The van der Waals surface area contributed by atoms with Gasteiger partial charge in [-0.3, -0.25) is 4.79 Å². The van der Waals surface area contributed by atoms with Crippen LogP contribution in [0.1, 0.15) is 48.8 Å². The van der Waals surface area contributed by atoms with E-state index in [9.17, 15) is 4.79 Å². The first-order valence-corrected chi connectivity index (χ1v) is 9.19. The Bertz CT molecular complexity index is 634. The van der Waals surface area contributed by atoms with Crippen LogP contribution in [0.25, 0.3) is 0 Å². The summed E-state index contributed by atoms with van der Waals surface area (Å²) in [5, 5.41) is 12.0. The number of nitrogens with zero attached hydrogens (tertiary/aromatic N) is 3. The third kappa shape index (κ3) is 4.07. The van der Waals surface area contributed by atoms with Gasteiger partial charge in [0.2, 0.25) is 11.8 Å². The maximum atomic E-state index is 11.8. The van der Waals surface area contributed by atoms with E-state index in [1.165, 1.54) is 42.4 Å². The van der Waals surface area contributed by atoms with Crippen molar-refractivity contribution in [1.29, 1.82) is 0 Å². The number of hydrogen-bond acceptors (Lipinski definition) is 7. The van der Waals surface area contributed by atoms with Gasteiger partial charge in [0, 0.05) is 17.0 Å². The van der Waals surface area contributed by atoms with E-state index in [-0.39, 0.29) is 11.7 Å². The summed E-state index contributed by atoms with van der Waals surface area (Å²) in [6.07, 6.45) is 7.73. The second-order valence-electron chi connectivity index (χ2n) is 5.35. The van der Waals surface area contributed by atoms with Gasteiger partial charge in [-0.15, -0.1) is 21.5 Å². The topological polar surface area (TPSA) is 80.9 Å². The molecule has 0 spiro atoms. The minimum atomic E-state index is -0.114. The van der Waals surface area contributed by atoms with Crippen LogP contribution >= 0.6 is 23.1 Å². The van der Waals surface area contributed by atoms with Gasteiger partial charge in [0.1, 0.15) is 0 Å². The summed E-state index contributed by atoms with van der Waals surface area (Å²) in [7, 11) is 0. The summed E-state index contributed by atoms with van der Waals surface area (Å²) in [5.74, 6) is 1.24. The molecule has 22 heavy (non-hydrogen) atoms. The van der Waals surface area contributed by atoms with Gasteiger partial charge < -0.3 is 9.73 Å². The first-order chi connectivity index (χ1) is 10.7. The standard InChI is InChI=1S/C14H18N4O2S2/c1-9-7-15-13(22-9)16-11(19)8-21-14-18-17-12(20-14)10-5-3-2-4-6-10/h7,10H,2-6,8H2,1H3,(H,15,16,19). The number of thiazole rings is 1. The Hall–Kier alpha value is -1.41. The smallest absolute Gasteiger partial charge is 0.277 e. The Morgan fingerprint density at radius 2 is 2.23 bits per heavy atom. The monoisotopic (exact) mass is 338 g/mol. The van der Waals surface area contributed by atoms with E-state index in [0.29, 0.717) is 16.3 Å². The van der Waals surface area contributed by atoms with Crippen molar-refractivity contribution in [3.05, 3.63) is 17.0 Å². The molecule has 8 heteroatoms. The Labute approximate surface area is 137 Å². The molecule has 1 aliphatic rings. The van der Waals surface area contributed by atoms with Crippen LogP contribution in [0, 0.1) is 6.92 Å². The number of thioether (sulfide) groups is 1. The predicted octanol–water partition coefficient (Wildman–Crippen LogP) is 3.61. The number of carbonyl (C=O) groups excluding carboxylic acids is 1. The highest BCUT2D eigenvalue weighted by Gasteiger charge is 2.21. The van der Waals surface area contributed by atoms with Crippen molar-refractivity contribution in [3.8, 4) is 0 Å². The minimum absolute atomic E-state index is 0.114. The Morgan fingerprint density at radius 3 is 2.95 bits per heavy atom. The number of nitrogens with one attached hydrogen (secondary N) is 1. The van der Waals surface area contributed by atoms with Gasteiger partial charge in [0.25, 0.3) is 5.22 Å². The van der Waals surface area contributed by atoms with Crippen LogP contribution in [0.3, 0.4) is 0 Å². The lowest BCUT2D eigenvalue weighted by atomic mass is 9.89. The largest absolute Gasteiger partial charge is 0.416 e. The van der Waals surface area contributed by atoms with Gasteiger partial charge in [0.15, 0.2) is 5.13 Å². The van der Waals surface area contributed by atoms with Crippen LogP contribution in [0.4, 0.5) is 5.13 Å². The average molecular weight is 338 g/mol. The molecule has 6 nitrogen and oxygen atoms in total. The van der Waals surface area contributed by atoms with Crippen molar-refractivity contribution in [2.45, 2.75) is 50.2 Å². The molecule has 1 amide bonds. The number of rotatable bonds is 5. The fourth-order valence-corrected chi connectivity index (χ4v) is 3.74. The van der Waals surface area contributed by atoms with Gasteiger partial charge in [-0.25, -0.2) is 4.98 Å². The molecule has 0 aromatic carbocycles. The number of aromatic nitrogens is 3. The van der Waals surface area contributed by atoms with Crippen molar-refractivity contribution in [2.75, 3.05) is 11.1 Å². The molecule has 0 radical (unpaired) electrons. The highest BCUT2D eigenvalue weighted by molar-refractivity contribution is 7.99. The molecule has 2 aromatic rings. The van der Waals surface area contributed by atoms with E-state index >= 15 is 0 Å². The molecule has 1 fully saturated rings. The van der Waals surface area contributed by atoms with Gasteiger partial charge in [-0.05, 0) is 19.8 Å². The summed E-state index contributed by atoms with van der Waals surface area (Å²) in [6, 6.07) is 0. The Balaban J connectivity index is 1.49. The van der Waals surface area contributed by atoms with E-state index in [1.54, 1.807) is 6.20 Å². The first-order valence-electron chi connectivity index (χ1n) is 7.39. The highest BCUT2D eigenvalue weighted by Crippen LogP contribution is 2.32. The number of hydrogen-bond donors (Lipinski definition) is 1. The third-order valence-electron chi connectivity index (χ3n) is 3.57. The lowest BCUT2D eigenvalue weighted by Crippen LogP contribution is -2.13. The summed E-state index contributed by atoms with van der Waals surface area (Å²) in [5.41, 5.74) is 0. The molecular weight excluding hydrogens is 320 g/mol. The predicted molar refractivity (Wildman–Crippen MR) is 86.3 cm³/mol. The number of aryl methyl sites for hydroxylation is 1. The summed E-state index contributed by atoms with van der Waals surface area (Å²) < 4.78 is 5.68. The SMILES string of the molecule is Cc1cnc(NC(=O)CSc2nnc(C3CCCCC3)o2)s1. The number of amides is 1. The highest BCUT2D eigenvalue weighted by atomic mass is 32.2. The molecule has 2 aromatic heterocycles. The maximum Gasteiger partial charge on any atom is 0.277 e. The second-order valence-corrected chi connectivity index (χ2v) is 7.52. The zero-order valence-corrected chi connectivity index (χ0v) is 14.0. The second kappa shape index (κ2) is 7.23. The van der Waals surface area contributed by atoms with E-state index in [0.717, 1.165) is 23.6 Å². The number of anilines is 1. The van der Waals surface area contributed by atoms with Gasteiger partial charge in [0.05, 0.1) is 5.75 Å². The zero-order valence-electron chi connectivity index (χ0n) is 12.4. The van der Waals surface area contributed by atoms with Crippen LogP contribution in [0.5, 0.6) is 0 Å². The van der Waals surface area contributed by atoms with Crippen LogP contribution in [0.2, 0.25) is 0 Å². The van der Waals surface area contributed by atoms with Crippen molar-refractivity contribution >= 4 is 34.1 Å². The van der Waals surface area contributed by atoms with Crippen LogP contribution < -0.4 is 5.32 Å². The van der Waals surface area contributed by atoms with Crippen LogP contribution in [-0.2, 0) is 4.79 Å². The average Bonchev–Trinajstić information content (AvgIpc) is 3.15. The third-order valence-corrected chi connectivity index (χ3v) is 5.22. The van der Waals surface area contributed by atoms with Crippen molar-refractivity contribution in [3.63, 3.8) is 0 Å². The van der Waals surface area contributed by atoms with Gasteiger partial charge in [-0.1, -0.05) is 31.0 Å². The molecule has 118 valence electrons. The molecule has 0 aliphatic heterocycles. The first kappa shape index (κ1) is 15.5. The van der Waals surface area contributed by atoms with E-state index in [4.69, 9.17) is 4.42 Å². The summed E-state index contributed by atoms with van der Waals surface area (Å²) >= 11 is 2.72. The Kier molecular flexibility index (Phi) is 5.09. The lowest BCUT2D eigenvalue weighted by Gasteiger charge is -2.17. The fourth-order valence-electron chi connectivity index (χ4n) is 2.49. The molecule has 0 bridgehead atoms. The zero-order chi connectivity index (χ0) is 15.4.